The molecule has 3 heteroatoms. The maximum atomic E-state index is 4.65. The van der Waals surface area contributed by atoms with Gasteiger partial charge in [-0.2, -0.15) is 0 Å². The van der Waals surface area contributed by atoms with Crippen molar-refractivity contribution in [3.63, 3.8) is 0 Å². The van der Waals surface area contributed by atoms with Crippen LogP contribution in [0.5, 0.6) is 0 Å². The summed E-state index contributed by atoms with van der Waals surface area (Å²) in [5.41, 5.74) is 5.40. The first-order valence-electron chi connectivity index (χ1n) is 8.05. The summed E-state index contributed by atoms with van der Waals surface area (Å²) in [6, 6.07) is 5.49. The van der Waals surface area contributed by atoms with Crippen LogP contribution >= 0.6 is 0 Å². The van der Waals surface area contributed by atoms with Crippen molar-refractivity contribution in [2.75, 3.05) is 7.05 Å². The highest BCUT2D eigenvalue weighted by Crippen LogP contribution is 2.42. The molecular formula is C18H27N3. The first-order valence-corrected chi connectivity index (χ1v) is 8.05. The molecule has 1 aliphatic carbocycles. The average molecular weight is 285 g/mol. The molecular weight excluding hydrogens is 258 g/mol. The Hall–Kier alpha value is -1.35. The van der Waals surface area contributed by atoms with E-state index in [1.165, 1.54) is 35.9 Å². The Bertz CT molecular complexity index is 654. The Morgan fingerprint density at radius 2 is 1.95 bits per heavy atom. The molecule has 1 N–H and O–H groups in total. The van der Waals surface area contributed by atoms with Gasteiger partial charge in [-0.05, 0) is 62.4 Å². The van der Waals surface area contributed by atoms with Gasteiger partial charge in [0.05, 0.1) is 23.4 Å². The van der Waals surface area contributed by atoms with Crippen molar-refractivity contribution in [3.05, 3.63) is 29.6 Å². The highest BCUT2D eigenvalue weighted by atomic mass is 15.1. The highest BCUT2D eigenvalue weighted by Gasteiger charge is 2.39. The Morgan fingerprint density at radius 3 is 2.67 bits per heavy atom. The molecule has 0 bridgehead atoms. The van der Waals surface area contributed by atoms with Crippen molar-refractivity contribution < 1.29 is 0 Å². The molecule has 3 rings (SSSR count). The van der Waals surface area contributed by atoms with E-state index in [2.05, 4.69) is 61.7 Å². The quantitative estimate of drug-likeness (QED) is 0.904. The zero-order valence-corrected chi connectivity index (χ0v) is 13.9. The lowest BCUT2D eigenvalue weighted by Gasteiger charge is -2.44. The molecule has 114 valence electrons. The molecule has 0 saturated heterocycles. The molecule has 3 nitrogen and oxygen atoms in total. The molecule has 0 radical (unpaired) electrons. The molecule has 0 aliphatic heterocycles. The average Bonchev–Trinajstić information content (AvgIpc) is 2.80. The molecule has 21 heavy (non-hydrogen) atoms. The number of fused-ring (bicyclic) bond motifs is 1. The van der Waals surface area contributed by atoms with Crippen LogP contribution in [0, 0.1) is 19.3 Å². The number of imidazole rings is 1. The van der Waals surface area contributed by atoms with Gasteiger partial charge in [-0.3, -0.25) is 0 Å². The standard InChI is InChI=1S/C18H27N3/c1-12-9-14-16(10-13(12)2)21(11-20-14)15-7-6-8-18(3,4)17(15)19-5/h9-11,15,17,19H,6-8H2,1-5H3. The lowest BCUT2D eigenvalue weighted by Crippen LogP contribution is -2.48. The van der Waals surface area contributed by atoms with Crippen LogP contribution in [-0.2, 0) is 0 Å². The van der Waals surface area contributed by atoms with Crippen LogP contribution in [0.3, 0.4) is 0 Å². The van der Waals surface area contributed by atoms with Crippen molar-refractivity contribution in [1.82, 2.24) is 14.9 Å². The van der Waals surface area contributed by atoms with E-state index in [1.54, 1.807) is 0 Å². The number of rotatable bonds is 2. The van der Waals surface area contributed by atoms with Crippen LogP contribution in [0.25, 0.3) is 11.0 Å². The van der Waals surface area contributed by atoms with Crippen LogP contribution in [-0.4, -0.2) is 22.6 Å². The third kappa shape index (κ3) is 2.38. The van der Waals surface area contributed by atoms with Crippen molar-refractivity contribution in [1.29, 1.82) is 0 Å². The number of aromatic nitrogens is 2. The fourth-order valence-corrected chi connectivity index (χ4v) is 4.04. The van der Waals surface area contributed by atoms with E-state index in [1.807, 2.05) is 6.33 Å². The summed E-state index contributed by atoms with van der Waals surface area (Å²) in [5.74, 6) is 0. The zero-order chi connectivity index (χ0) is 15.2. The van der Waals surface area contributed by atoms with E-state index in [0.717, 1.165) is 5.52 Å². The maximum Gasteiger partial charge on any atom is 0.0961 e. The van der Waals surface area contributed by atoms with Gasteiger partial charge in [-0.25, -0.2) is 4.98 Å². The van der Waals surface area contributed by atoms with Gasteiger partial charge in [0.25, 0.3) is 0 Å². The first kappa shape index (κ1) is 14.6. The van der Waals surface area contributed by atoms with Crippen LogP contribution in [0.2, 0.25) is 0 Å². The minimum atomic E-state index is 0.327. The van der Waals surface area contributed by atoms with E-state index < -0.39 is 0 Å². The van der Waals surface area contributed by atoms with E-state index in [0.29, 0.717) is 17.5 Å². The van der Waals surface area contributed by atoms with E-state index >= 15 is 0 Å². The van der Waals surface area contributed by atoms with Crippen LogP contribution in [0.1, 0.15) is 50.3 Å². The van der Waals surface area contributed by atoms with E-state index in [-0.39, 0.29) is 0 Å². The summed E-state index contributed by atoms with van der Waals surface area (Å²) in [4.78, 5) is 4.65. The van der Waals surface area contributed by atoms with Gasteiger partial charge in [0.1, 0.15) is 0 Å². The first-order chi connectivity index (χ1) is 9.94. The second-order valence-corrected chi connectivity index (χ2v) is 7.29. The summed E-state index contributed by atoms with van der Waals surface area (Å²) >= 11 is 0. The predicted molar refractivity (Wildman–Crippen MR) is 88.7 cm³/mol. The molecule has 2 unspecified atom stereocenters. The van der Waals surface area contributed by atoms with Gasteiger partial charge in [0.2, 0.25) is 0 Å². The van der Waals surface area contributed by atoms with Crippen LogP contribution in [0.15, 0.2) is 18.5 Å². The van der Waals surface area contributed by atoms with Crippen LogP contribution < -0.4 is 5.32 Å². The Balaban J connectivity index is 2.09. The summed E-state index contributed by atoms with van der Waals surface area (Å²) in [5, 5.41) is 3.57. The second-order valence-electron chi connectivity index (χ2n) is 7.29. The summed E-state index contributed by atoms with van der Waals surface area (Å²) in [6.07, 6.45) is 5.85. The summed E-state index contributed by atoms with van der Waals surface area (Å²) in [6.45, 7) is 9.12. The second kappa shape index (κ2) is 5.13. The number of likely N-dealkylation sites (N-methyl/N-ethyl adjacent to an activating group) is 1. The summed E-state index contributed by atoms with van der Waals surface area (Å²) in [7, 11) is 2.10. The molecule has 1 aliphatic rings. The molecule has 1 aromatic carbocycles. The monoisotopic (exact) mass is 285 g/mol. The molecule has 0 spiro atoms. The topological polar surface area (TPSA) is 29.9 Å². The minimum absolute atomic E-state index is 0.327. The zero-order valence-electron chi connectivity index (χ0n) is 13.9. The SMILES string of the molecule is CNC1C(n2cnc3cc(C)c(C)cc32)CCCC1(C)C. The van der Waals surface area contributed by atoms with Gasteiger partial charge in [-0.15, -0.1) is 0 Å². The smallest absolute Gasteiger partial charge is 0.0961 e. The van der Waals surface area contributed by atoms with Gasteiger partial charge >= 0.3 is 0 Å². The third-order valence-electron chi connectivity index (χ3n) is 5.41. The van der Waals surface area contributed by atoms with E-state index in [4.69, 9.17) is 0 Å². The van der Waals surface area contributed by atoms with Crippen LogP contribution in [0.4, 0.5) is 0 Å². The third-order valence-corrected chi connectivity index (χ3v) is 5.41. The number of hydrogen-bond acceptors (Lipinski definition) is 2. The number of aryl methyl sites for hydroxylation is 2. The lowest BCUT2D eigenvalue weighted by atomic mass is 9.70. The molecule has 1 fully saturated rings. The lowest BCUT2D eigenvalue weighted by molar-refractivity contribution is 0.121. The molecule has 2 atom stereocenters. The largest absolute Gasteiger partial charge is 0.326 e. The normalized spacial score (nSPS) is 25.4. The number of hydrogen-bond donors (Lipinski definition) is 1. The van der Waals surface area contributed by atoms with Gasteiger partial charge < -0.3 is 9.88 Å². The fraction of sp³-hybridized carbons (Fsp3) is 0.611. The molecule has 2 aromatic rings. The van der Waals surface area contributed by atoms with Crippen molar-refractivity contribution >= 4 is 11.0 Å². The van der Waals surface area contributed by atoms with Gasteiger partial charge in [-0.1, -0.05) is 20.3 Å². The van der Waals surface area contributed by atoms with Crippen molar-refractivity contribution in [3.8, 4) is 0 Å². The Kier molecular flexibility index (Phi) is 3.56. The molecule has 0 amide bonds. The molecule has 1 aromatic heterocycles. The van der Waals surface area contributed by atoms with Crippen molar-refractivity contribution in [2.24, 2.45) is 5.41 Å². The predicted octanol–water partition coefficient (Wildman–Crippen LogP) is 3.99. The Morgan fingerprint density at radius 1 is 1.24 bits per heavy atom. The fourth-order valence-electron chi connectivity index (χ4n) is 4.04. The van der Waals surface area contributed by atoms with Gasteiger partial charge in [0.15, 0.2) is 0 Å². The number of nitrogens with zero attached hydrogens (tertiary/aromatic N) is 2. The van der Waals surface area contributed by atoms with Crippen molar-refractivity contribution in [2.45, 2.75) is 59.0 Å². The Labute approximate surface area is 127 Å². The number of benzene rings is 1. The maximum absolute atomic E-state index is 4.65. The van der Waals surface area contributed by atoms with E-state index in [9.17, 15) is 0 Å². The van der Waals surface area contributed by atoms with Gasteiger partial charge in [0, 0.05) is 6.04 Å². The highest BCUT2D eigenvalue weighted by molar-refractivity contribution is 5.77. The molecule has 1 saturated carbocycles. The minimum Gasteiger partial charge on any atom is -0.326 e. The summed E-state index contributed by atoms with van der Waals surface area (Å²) < 4.78 is 2.41. The number of nitrogens with one attached hydrogen (secondary N) is 1. The molecule has 1 heterocycles.